The number of rotatable bonds is 5. The molecule has 1 atom stereocenters. The van der Waals surface area contributed by atoms with E-state index in [0.717, 1.165) is 44.0 Å². The Morgan fingerprint density at radius 3 is 2.47 bits per heavy atom. The van der Waals surface area contributed by atoms with Crippen molar-refractivity contribution >= 4 is 17.5 Å². The highest BCUT2D eigenvalue weighted by Crippen LogP contribution is 2.26. The number of aliphatic imine (C=N–C) groups is 1. The van der Waals surface area contributed by atoms with E-state index >= 15 is 0 Å². The Bertz CT molecular complexity index is 906. The highest BCUT2D eigenvalue weighted by atomic mass is 19.1. The summed E-state index contributed by atoms with van der Waals surface area (Å²) in [5.74, 6) is 0.617. The number of anilines is 2. The predicted octanol–water partition coefficient (Wildman–Crippen LogP) is 2.06. The largest absolute Gasteiger partial charge is 0.365 e. The number of guanidine groups is 1. The van der Waals surface area contributed by atoms with Gasteiger partial charge in [-0.05, 0) is 37.2 Å². The summed E-state index contributed by atoms with van der Waals surface area (Å²) in [5.41, 5.74) is 1.11. The molecule has 2 fully saturated rings. The summed E-state index contributed by atoms with van der Waals surface area (Å²) in [6, 6.07) is 8.18. The molecule has 2 aliphatic heterocycles. The summed E-state index contributed by atoms with van der Waals surface area (Å²) in [6.45, 7) is 5.78. The molecule has 1 aromatic carbocycles. The molecule has 7 nitrogen and oxygen atoms in total. The molecule has 0 aliphatic carbocycles. The van der Waals surface area contributed by atoms with E-state index in [1.807, 2.05) is 6.20 Å². The van der Waals surface area contributed by atoms with Gasteiger partial charge in [-0.2, -0.15) is 0 Å². The van der Waals surface area contributed by atoms with Crippen molar-refractivity contribution in [2.24, 2.45) is 4.99 Å². The molecule has 9 heteroatoms. The zero-order valence-electron chi connectivity index (χ0n) is 18.7. The fourth-order valence-corrected chi connectivity index (χ4v) is 4.19. The highest BCUT2D eigenvalue weighted by molar-refractivity contribution is 5.80. The number of piperazine rings is 1. The number of hydrogen-bond acceptors (Lipinski definition) is 5. The fourth-order valence-electron chi connectivity index (χ4n) is 4.19. The molecule has 0 spiro atoms. The molecule has 2 N–H and O–H groups in total. The number of hydrogen-bond donors (Lipinski definition) is 2. The van der Waals surface area contributed by atoms with Crippen molar-refractivity contribution in [3.05, 3.63) is 53.7 Å². The van der Waals surface area contributed by atoms with Gasteiger partial charge >= 0.3 is 0 Å². The van der Waals surface area contributed by atoms with Crippen LogP contribution in [-0.4, -0.2) is 75.2 Å². The summed E-state index contributed by atoms with van der Waals surface area (Å²) in [5, 5.41) is 6.67. The summed E-state index contributed by atoms with van der Waals surface area (Å²) in [7, 11) is 3.86. The Balaban J connectivity index is 1.27. The van der Waals surface area contributed by atoms with E-state index in [9.17, 15) is 8.78 Å². The molecule has 2 aliphatic rings. The van der Waals surface area contributed by atoms with Gasteiger partial charge in [0.15, 0.2) is 5.96 Å². The maximum absolute atomic E-state index is 14.1. The zero-order chi connectivity index (χ0) is 22.5. The lowest BCUT2D eigenvalue weighted by Crippen LogP contribution is -2.45. The summed E-state index contributed by atoms with van der Waals surface area (Å²) in [6.07, 6.45) is 2.67. The van der Waals surface area contributed by atoms with Crippen LogP contribution in [0, 0.1) is 11.6 Å². The van der Waals surface area contributed by atoms with Gasteiger partial charge in [0.1, 0.15) is 23.1 Å². The van der Waals surface area contributed by atoms with E-state index in [0.29, 0.717) is 25.6 Å². The third-order valence-electron chi connectivity index (χ3n) is 6.10. The lowest BCUT2D eigenvalue weighted by molar-refractivity contribution is 0.312. The van der Waals surface area contributed by atoms with Gasteiger partial charge in [-0.15, -0.1) is 0 Å². The number of likely N-dealkylation sites (N-methyl/N-ethyl adjacent to an activating group) is 1. The van der Waals surface area contributed by atoms with Crippen LogP contribution in [-0.2, 0) is 6.54 Å². The van der Waals surface area contributed by atoms with Crippen molar-refractivity contribution in [1.29, 1.82) is 0 Å². The van der Waals surface area contributed by atoms with Crippen LogP contribution in [0.1, 0.15) is 12.0 Å². The molecule has 172 valence electrons. The molecule has 1 aromatic heterocycles. The van der Waals surface area contributed by atoms with Crippen molar-refractivity contribution in [3.63, 3.8) is 0 Å². The Hall–Kier alpha value is -2.94. The molecule has 0 radical (unpaired) electrons. The summed E-state index contributed by atoms with van der Waals surface area (Å²) in [4.78, 5) is 15.3. The fraction of sp³-hybridized carbons (Fsp3) is 0.478. The van der Waals surface area contributed by atoms with Crippen LogP contribution in [0.2, 0.25) is 0 Å². The number of pyridine rings is 1. The highest BCUT2D eigenvalue weighted by Gasteiger charge is 2.27. The van der Waals surface area contributed by atoms with Gasteiger partial charge in [0.05, 0.1) is 0 Å². The number of aromatic nitrogens is 1. The second-order valence-corrected chi connectivity index (χ2v) is 8.39. The molecule has 32 heavy (non-hydrogen) atoms. The SMILES string of the molecule is CN=C(NCc1ccc(N2CCN(C)CC2)nc1)NC1CCN(c2c(F)cccc2F)C1. The number of nitrogens with zero attached hydrogens (tertiary/aromatic N) is 5. The van der Waals surface area contributed by atoms with Crippen LogP contribution in [0.5, 0.6) is 0 Å². The maximum atomic E-state index is 14.1. The Labute approximate surface area is 188 Å². The number of nitrogens with one attached hydrogen (secondary N) is 2. The van der Waals surface area contributed by atoms with Gasteiger partial charge in [0.25, 0.3) is 0 Å². The van der Waals surface area contributed by atoms with E-state index in [4.69, 9.17) is 0 Å². The smallest absolute Gasteiger partial charge is 0.191 e. The predicted molar refractivity (Wildman–Crippen MR) is 124 cm³/mol. The molecule has 3 heterocycles. The van der Waals surface area contributed by atoms with E-state index in [1.54, 1.807) is 11.9 Å². The maximum Gasteiger partial charge on any atom is 0.191 e. The summed E-state index contributed by atoms with van der Waals surface area (Å²) < 4.78 is 28.2. The van der Waals surface area contributed by atoms with Crippen molar-refractivity contribution in [2.75, 3.05) is 63.2 Å². The van der Waals surface area contributed by atoms with Gasteiger partial charge in [-0.25, -0.2) is 13.8 Å². The minimum absolute atomic E-state index is 0.0475. The minimum atomic E-state index is -0.527. The third kappa shape index (κ3) is 5.27. The molecule has 0 saturated carbocycles. The van der Waals surface area contributed by atoms with E-state index in [2.05, 4.69) is 49.6 Å². The average Bonchev–Trinajstić information content (AvgIpc) is 3.25. The van der Waals surface area contributed by atoms with Crippen molar-refractivity contribution in [2.45, 2.75) is 19.0 Å². The lowest BCUT2D eigenvalue weighted by Gasteiger charge is -2.33. The first-order valence-corrected chi connectivity index (χ1v) is 11.1. The Morgan fingerprint density at radius 1 is 1.06 bits per heavy atom. The van der Waals surface area contributed by atoms with Crippen molar-refractivity contribution < 1.29 is 8.78 Å². The standard InChI is InChI=1S/C23H31F2N7/c1-26-23(29-18-8-9-32(16-18)22-19(24)4-3-5-20(22)25)28-15-17-6-7-21(27-14-17)31-12-10-30(2)11-13-31/h3-7,14,18H,8-13,15-16H2,1-2H3,(H2,26,28,29). The zero-order valence-corrected chi connectivity index (χ0v) is 18.7. The van der Waals surface area contributed by atoms with Crippen LogP contribution >= 0.6 is 0 Å². The van der Waals surface area contributed by atoms with Gasteiger partial charge in [-0.3, -0.25) is 4.99 Å². The number of halogens is 2. The summed E-state index contributed by atoms with van der Waals surface area (Å²) >= 11 is 0. The van der Waals surface area contributed by atoms with Gasteiger partial charge < -0.3 is 25.3 Å². The minimum Gasteiger partial charge on any atom is -0.365 e. The molecular formula is C23H31F2N7. The first-order chi connectivity index (χ1) is 15.5. The monoisotopic (exact) mass is 443 g/mol. The first-order valence-electron chi connectivity index (χ1n) is 11.1. The Morgan fingerprint density at radius 2 is 1.81 bits per heavy atom. The third-order valence-corrected chi connectivity index (χ3v) is 6.10. The van der Waals surface area contributed by atoms with Crippen LogP contribution in [0.15, 0.2) is 41.5 Å². The van der Waals surface area contributed by atoms with Crippen LogP contribution in [0.4, 0.5) is 20.3 Å². The molecule has 2 aromatic rings. The number of benzene rings is 1. The molecule has 0 bridgehead atoms. The molecule has 1 unspecified atom stereocenters. The van der Waals surface area contributed by atoms with Crippen LogP contribution in [0.3, 0.4) is 0 Å². The van der Waals surface area contributed by atoms with Crippen LogP contribution in [0.25, 0.3) is 0 Å². The molecule has 2 saturated heterocycles. The van der Waals surface area contributed by atoms with Gasteiger partial charge in [-0.1, -0.05) is 12.1 Å². The normalized spacial score (nSPS) is 20.0. The van der Waals surface area contributed by atoms with E-state index < -0.39 is 11.6 Å². The van der Waals surface area contributed by atoms with E-state index in [-0.39, 0.29) is 11.7 Å². The molecule has 0 amide bonds. The molecular weight excluding hydrogens is 412 g/mol. The second-order valence-electron chi connectivity index (χ2n) is 8.39. The second kappa shape index (κ2) is 10.1. The topological polar surface area (TPSA) is 59.0 Å². The average molecular weight is 444 g/mol. The lowest BCUT2D eigenvalue weighted by atomic mass is 10.2. The first kappa shape index (κ1) is 22.3. The molecule has 4 rings (SSSR count). The van der Waals surface area contributed by atoms with Crippen LogP contribution < -0.4 is 20.4 Å². The van der Waals surface area contributed by atoms with E-state index in [1.165, 1.54) is 18.2 Å². The number of para-hydroxylation sites is 1. The van der Waals surface area contributed by atoms with Gasteiger partial charge in [0, 0.05) is 65.1 Å². The van der Waals surface area contributed by atoms with Gasteiger partial charge in [0.2, 0.25) is 0 Å². The van der Waals surface area contributed by atoms with Crippen molar-refractivity contribution in [1.82, 2.24) is 20.5 Å². The Kier molecular flexibility index (Phi) is 7.04. The quantitative estimate of drug-likeness (QED) is 0.545. The van der Waals surface area contributed by atoms with Crippen molar-refractivity contribution in [3.8, 4) is 0 Å².